The smallest absolute Gasteiger partial charge is 0.251 e. The summed E-state index contributed by atoms with van der Waals surface area (Å²) < 4.78 is 11.3. The molecule has 0 aromatic heterocycles. The molecule has 1 N–H and O–H groups in total. The number of benzene rings is 1. The van der Waals surface area contributed by atoms with Crippen molar-refractivity contribution < 1.29 is 14.3 Å². The predicted octanol–water partition coefficient (Wildman–Crippen LogP) is 3.38. The highest BCUT2D eigenvalue weighted by atomic mass is 16.5. The van der Waals surface area contributed by atoms with Crippen LogP contribution in [0.4, 0.5) is 0 Å². The van der Waals surface area contributed by atoms with Crippen LogP contribution in [0, 0.1) is 0 Å². The van der Waals surface area contributed by atoms with Gasteiger partial charge in [0.1, 0.15) is 11.9 Å². The van der Waals surface area contributed by atoms with Crippen LogP contribution in [-0.2, 0) is 4.74 Å². The van der Waals surface area contributed by atoms with E-state index in [1.165, 1.54) is 25.7 Å². The molecule has 148 valence electrons. The molecule has 2 saturated heterocycles. The highest BCUT2D eigenvalue weighted by Gasteiger charge is 2.27. The van der Waals surface area contributed by atoms with Crippen LogP contribution in [-0.4, -0.2) is 55.3 Å². The van der Waals surface area contributed by atoms with Crippen molar-refractivity contribution in [3.8, 4) is 5.75 Å². The first-order chi connectivity index (χ1) is 13.3. The number of piperidine rings is 1. The van der Waals surface area contributed by atoms with Crippen molar-refractivity contribution in [2.75, 3.05) is 26.3 Å². The van der Waals surface area contributed by atoms with Gasteiger partial charge in [-0.15, -0.1) is 0 Å². The number of ether oxygens (including phenoxy) is 2. The Kier molecular flexibility index (Phi) is 6.30. The molecule has 1 saturated carbocycles. The van der Waals surface area contributed by atoms with Gasteiger partial charge in [0, 0.05) is 43.6 Å². The zero-order valence-corrected chi connectivity index (χ0v) is 16.2. The maximum atomic E-state index is 12.6. The number of likely N-dealkylation sites (tertiary alicyclic amines) is 1. The maximum absolute atomic E-state index is 12.6. The van der Waals surface area contributed by atoms with Gasteiger partial charge in [-0.25, -0.2) is 0 Å². The van der Waals surface area contributed by atoms with Gasteiger partial charge in [0.25, 0.3) is 5.91 Å². The average Bonchev–Trinajstić information content (AvgIpc) is 3.25. The van der Waals surface area contributed by atoms with Gasteiger partial charge in [-0.3, -0.25) is 4.79 Å². The molecule has 1 amide bonds. The highest BCUT2D eigenvalue weighted by Crippen LogP contribution is 2.26. The molecule has 3 aliphatic rings. The average molecular weight is 373 g/mol. The van der Waals surface area contributed by atoms with Gasteiger partial charge >= 0.3 is 0 Å². The van der Waals surface area contributed by atoms with Crippen molar-refractivity contribution in [2.24, 2.45) is 0 Å². The van der Waals surface area contributed by atoms with E-state index in [0.29, 0.717) is 11.6 Å². The zero-order chi connectivity index (χ0) is 18.5. The minimum Gasteiger partial charge on any atom is -0.490 e. The Labute approximate surface area is 162 Å². The first-order valence-electron chi connectivity index (χ1n) is 10.7. The van der Waals surface area contributed by atoms with Crippen molar-refractivity contribution in [2.45, 2.75) is 69.6 Å². The van der Waals surface area contributed by atoms with Crippen molar-refractivity contribution in [3.05, 3.63) is 29.8 Å². The van der Waals surface area contributed by atoms with Crippen LogP contribution < -0.4 is 10.1 Å². The fourth-order valence-electron chi connectivity index (χ4n) is 4.62. The Morgan fingerprint density at radius 1 is 0.963 bits per heavy atom. The molecule has 1 aromatic rings. The molecule has 0 spiro atoms. The summed E-state index contributed by atoms with van der Waals surface area (Å²) in [5, 5.41) is 3.22. The molecule has 1 aliphatic carbocycles. The Hall–Kier alpha value is -1.59. The minimum atomic E-state index is 0.0342. The second-order valence-corrected chi connectivity index (χ2v) is 8.18. The molecule has 0 radical (unpaired) electrons. The fraction of sp³-hybridized carbons (Fsp3) is 0.682. The molecule has 2 heterocycles. The number of carbonyl (C=O) groups excluding carboxylic acids is 1. The lowest BCUT2D eigenvalue weighted by Crippen LogP contribution is -2.47. The number of hydrogen-bond acceptors (Lipinski definition) is 4. The van der Waals surface area contributed by atoms with Crippen LogP contribution in [0.2, 0.25) is 0 Å². The minimum absolute atomic E-state index is 0.0342. The fourth-order valence-corrected chi connectivity index (χ4v) is 4.62. The Balaban J connectivity index is 1.23. The Bertz CT molecular complexity index is 598. The first kappa shape index (κ1) is 18.8. The van der Waals surface area contributed by atoms with Crippen LogP contribution in [0.25, 0.3) is 0 Å². The lowest BCUT2D eigenvalue weighted by atomic mass is 10.0. The van der Waals surface area contributed by atoms with Gasteiger partial charge in [-0.2, -0.15) is 0 Å². The summed E-state index contributed by atoms with van der Waals surface area (Å²) in [7, 11) is 0. The summed E-state index contributed by atoms with van der Waals surface area (Å²) in [5.74, 6) is 0.871. The topological polar surface area (TPSA) is 50.8 Å². The zero-order valence-electron chi connectivity index (χ0n) is 16.2. The number of hydrogen-bond donors (Lipinski definition) is 1. The largest absolute Gasteiger partial charge is 0.490 e. The van der Waals surface area contributed by atoms with Gasteiger partial charge in [-0.05, 0) is 49.9 Å². The molecule has 0 bridgehead atoms. The summed E-state index contributed by atoms with van der Waals surface area (Å²) in [6.45, 7) is 3.77. The lowest BCUT2D eigenvalue weighted by Gasteiger charge is -2.36. The molecule has 1 aromatic carbocycles. The summed E-state index contributed by atoms with van der Waals surface area (Å²) in [4.78, 5) is 15.2. The quantitative estimate of drug-likeness (QED) is 0.861. The molecule has 5 nitrogen and oxygen atoms in total. The normalized spacial score (nSPS) is 23.4. The summed E-state index contributed by atoms with van der Waals surface area (Å²) in [5.41, 5.74) is 0.715. The van der Waals surface area contributed by atoms with E-state index >= 15 is 0 Å². The van der Waals surface area contributed by atoms with Gasteiger partial charge in [-0.1, -0.05) is 12.8 Å². The second-order valence-electron chi connectivity index (χ2n) is 8.18. The lowest BCUT2D eigenvalue weighted by molar-refractivity contribution is 0.0256. The summed E-state index contributed by atoms with van der Waals surface area (Å²) >= 11 is 0. The number of carbonyl (C=O) groups is 1. The molecule has 27 heavy (non-hydrogen) atoms. The van der Waals surface area contributed by atoms with Crippen molar-refractivity contribution in [1.82, 2.24) is 10.2 Å². The molecule has 2 aliphatic heterocycles. The molecular weight excluding hydrogens is 340 g/mol. The summed E-state index contributed by atoms with van der Waals surface area (Å²) in [6, 6.07) is 8.66. The Morgan fingerprint density at radius 2 is 1.63 bits per heavy atom. The van der Waals surface area contributed by atoms with E-state index in [4.69, 9.17) is 9.47 Å². The molecule has 3 fully saturated rings. The van der Waals surface area contributed by atoms with Crippen molar-refractivity contribution >= 4 is 5.91 Å². The van der Waals surface area contributed by atoms with Crippen LogP contribution in [0.5, 0.6) is 5.75 Å². The molecule has 4 rings (SSSR count). The summed E-state index contributed by atoms with van der Waals surface area (Å²) in [6.07, 6.45) is 9.71. The van der Waals surface area contributed by atoms with Crippen molar-refractivity contribution in [3.63, 3.8) is 0 Å². The van der Waals surface area contributed by atoms with Crippen LogP contribution in [0.3, 0.4) is 0 Å². The monoisotopic (exact) mass is 372 g/mol. The highest BCUT2D eigenvalue weighted by molar-refractivity contribution is 5.94. The molecular formula is C22H32N2O3. The molecule has 0 atom stereocenters. The van der Waals surface area contributed by atoms with E-state index < -0.39 is 0 Å². The number of nitrogens with zero attached hydrogens (tertiary/aromatic N) is 1. The van der Waals surface area contributed by atoms with Crippen LogP contribution in [0.15, 0.2) is 24.3 Å². The van der Waals surface area contributed by atoms with E-state index in [2.05, 4.69) is 10.2 Å². The third-order valence-electron chi connectivity index (χ3n) is 6.29. The van der Waals surface area contributed by atoms with E-state index in [0.717, 1.165) is 63.8 Å². The van der Waals surface area contributed by atoms with Gasteiger partial charge in [0.15, 0.2) is 0 Å². The molecule has 0 unspecified atom stereocenters. The molecule has 5 heteroatoms. The van der Waals surface area contributed by atoms with E-state index in [-0.39, 0.29) is 12.0 Å². The Morgan fingerprint density at radius 3 is 2.30 bits per heavy atom. The second kappa shape index (κ2) is 9.07. The predicted molar refractivity (Wildman–Crippen MR) is 105 cm³/mol. The SMILES string of the molecule is O=C(NC1CCN(C2CCCC2)CC1)c1ccc(OC2CCOCC2)cc1. The van der Waals surface area contributed by atoms with Gasteiger partial charge < -0.3 is 19.7 Å². The van der Waals surface area contributed by atoms with Gasteiger partial charge in [0.05, 0.1) is 13.2 Å². The van der Waals surface area contributed by atoms with E-state index in [1.54, 1.807) is 0 Å². The van der Waals surface area contributed by atoms with Crippen LogP contribution in [0.1, 0.15) is 61.7 Å². The number of nitrogens with one attached hydrogen (secondary N) is 1. The van der Waals surface area contributed by atoms with Crippen LogP contribution >= 0.6 is 0 Å². The van der Waals surface area contributed by atoms with E-state index in [1.807, 2.05) is 24.3 Å². The van der Waals surface area contributed by atoms with Crippen molar-refractivity contribution in [1.29, 1.82) is 0 Å². The number of rotatable bonds is 5. The number of amides is 1. The standard InChI is InChI=1S/C22H32N2O3/c25-22(23-18-9-13-24(14-10-18)19-3-1-2-4-19)17-5-7-20(8-6-17)27-21-11-15-26-16-12-21/h5-8,18-19,21H,1-4,9-16H2,(H,23,25). The van der Waals surface area contributed by atoms with Gasteiger partial charge in [0.2, 0.25) is 0 Å². The third kappa shape index (κ3) is 5.02. The van der Waals surface area contributed by atoms with E-state index in [9.17, 15) is 4.79 Å². The first-order valence-corrected chi connectivity index (χ1v) is 10.7. The third-order valence-corrected chi connectivity index (χ3v) is 6.29. The maximum Gasteiger partial charge on any atom is 0.251 e.